The molecule has 3 amide bonds. The molecule has 1 saturated heterocycles. The SMILES string of the molecule is O=C(CC12C[C@@H]3C[C@@H](CC(Br)(C3)C1)C2)OCC(=O)N1CCNC1=O. The Morgan fingerprint density at radius 3 is 2.54 bits per heavy atom. The van der Waals surface area contributed by atoms with Crippen LogP contribution in [0.3, 0.4) is 0 Å². The average molecular weight is 399 g/mol. The molecule has 4 aliphatic carbocycles. The minimum atomic E-state index is -0.444. The predicted molar refractivity (Wildman–Crippen MR) is 89.5 cm³/mol. The van der Waals surface area contributed by atoms with Crippen LogP contribution in [0.15, 0.2) is 0 Å². The number of imide groups is 1. The van der Waals surface area contributed by atoms with Gasteiger partial charge in [-0.2, -0.15) is 0 Å². The highest BCUT2D eigenvalue weighted by Gasteiger charge is 2.57. The number of nitrogens with zero attached hydrogens (tertiary/aromatic N) is 1. The van der Waals surface area contributed by atoms with E-state index in [-0.39, 0.29) is 22.3 Å². The average Bonchev–Trinajstić information content (AvgIpc) is 2.87. The van der Waals surface area contributed by atoms with Crippen molar-refractivity contribution in [3.8, 4) is 0 Å². The summed E-state index contributed by atoms with van der Waals surface area (Å²) in [5.74, 6) is 0.684. The maximum atomic E-state index is 12.3. The zero-order valence-corrected chi connectivity index (χ0v) is 15.3. The maximum absolute atomic E-state index is 12.3. The van der Waals surface area contributed by atoms with Crippen molar-refractivity contribution in [1.29, 1.82) is 0 Å². The van der Waals surface area contributed by atoms with Crippen LogP contribution in [0.1, 0.15) is 44.9 Å². The number of alkyl halides is 1. The molecule has 4 saturated carbocycles. The molecule has 5 rings (SSSR count). The predicted octanol–water partition coefficient (Wildman–Crippen LogP) is 2.21. The summed E-state index contributed by atoms with van der Waals surface area (Å²) in [7, 11) is 0. The Morgan fingerprint density at radius 1 is 1.25 bits per heavy atom. The number of ether oxygens (including phenoxy) is 1. The van der Waals surface area contributed by atoms with E-state index in [1.165, 1.54) is 19.3 Å². The minimum Gasteiger partial charge on any atom is -0.456 e. The number of urea groups is 1. The largest absolute Gasteiger partial charge is 0.456 e. The third kappa shape index (κ3) is 2.95. The summed E-state index contributed by atoms with van der Waals surface area (Å²) in [6.45, 7) is 0.459. The molecule has 1 aliphatic heterocycles. The van der Waals surface area contributed by atoms with Gasteiger partial charge in [0.1, 0.15) is 0 Å². The first-order chi connectivity index (χ1) is 11.4. The van der Waals surface area contributed by atoms with Crippen LogP contribution in [-0.2, 0) is 14.3 Å². The van der Waals surface area contributed by atoms with Crippen LogP contribution in [-0.4, -0.2) is 46.8 Å². The van der Waals surface area contributed by atoms with E-state index in [1.54, 1.807) is 0 Å². The lowest BCUT2D eigenvalue weighted by atomic mass is 9.49. The third-order valence-corrected chi connectivity index (χ3v) is 7.07. The Kier molecular flexibility index (Phi) is 3.90. The molecular weight excluding hydrogens is 376 g/mol. The van der Waals surface area contributed by atoms with Gasteiger partial charge < -0.3 is 10.1 Å². The number of amides is 3. The third-order valence-electron chi connectivity index (χ3n) is 6.14. The number of hydrogen-bond acceptors (Lipinski definition) is 4. The van der Waals surface area contributed by atoms with Crippen LogP contribution in [0, 0.1) is 17.3 Å². The number of nitrogens with one attached hydrogen (secondary N) is 1. The van der Waals surface area contributed by atoms with E-state index in [1.807, 2.05) is 0 Å². The number of esters is 1. The number of halogens is 1. The van der Waals surface area contributed by atoms with Gasteiger partial charge in [0.05, 0.1) is 6.42 Å². The smallest absolute Gasteiger partial charge is 0.324 e. The highest BCUT2D eigenvalue weighted by Crippen LogP contribution is 2.65. The van der Waals surface area contributed by atoms with Gasteiger partial charge in [-0.05, 0) is 55.8 Å². The van der Waals surface area contributed by atoms with Crippen LogP contribution < -0.4 is 5.32 Å². The van der Waals surface area contributed by atoms with Crippen molar-refractivity contribution in [2.24, 2.45) is 17.3 Å². The fraction of sp³-hybridized carbons (Fsp3) is 0.824. The van der Waals surface area contributed by atoms with Gasteiger partial charge in [0.15, 0.2) is 6.61 Å². The number of hydrogen-bond donors (Lipinski definition) is 1. The van der Waals surface area contributed by atoms with E-state index >= 15 is 0 Å². The first-order valence-corrected chi connectivity index (χ1v) is 9.59. The molecule has 1 N–H and O–H groups in total. The molecule has 24 heavy (non-hydrogen) atoms. The lowest BCUT2D eigenvalue weighted by Crippen LogP contribution is -2.53. The molecule has 1 heterocycles. The summed E-state index contributed by atoms with van der Waals surface area (Å²) in [6, 6.07) is -0.404. The minimum absolute atomic E-state index is 0.0404. The molecule has 0 aromatic heterocycles. The van der Waals surface area contributed by atoms with Crippen molar-refractivity contribution in [2.75, 3.05) is 19.7 Å². The first-order valence-electron chi connectivity index (χ1n) is 8.79. The zero-order chi connectivity index (χ0) is 16.9. The first kappa shape index (κ1) is 16.4. The van der Waals surface area contributed by atoms with Gasteiger partial charge in [-0.25, -0.2) is 4.79 Å². The van der Waals surface area contributed by atoms with Gasteiger partial charge in [-0.1, -0.05) is 15.9 Å². The van der Waals surface area contributed by atoms with E-state index in [0.29, 0.717) is 31.3 Å². The van der Waals surface area contributed by atoms with E-state index in [2.05, 4.69) is 21.2 Å². The summed E-state index contributed by atoms with van der Waals surface area (Å²) in [5, 5.41) is 2.57. The lowest BCUT2D eigenvalue weighted by Gasteiger charge is -2.60. The molecule has 4 bridgehead atoms. The molecule has 4 atom stereocenters. The van der Waals surface area contributed by atoms with Crippen molar-refractivity contribution < 1.29 is 19.1 Å². The van der Waals surface area contributed by atoms with E-state index in [4.69, 9.17) is 4.74 Å². The molecule has 0 aromatic carbocycles. The number of rotatable bonds is 4. The lowest BCUT2D eigenvalue weighted by molar-refractivity contribution is -0.156. The maximum Gasteiger partial charge on any atom is 0.324 e. The van der Waals surface area contributed by atoms with Crippen molar-refractivity contribution >= 4 is 33.8 Å². The molecule has 5 fully saturated rings. The second-order valence-electron chi connectivity index (χ2n) is 8.23. The fourth-order valence-corrected chi connectivity index (χ4v) is 7.34. The van der Waals surface area contributed by atoms with Gasteiger partial charge in [0.2, 0.25) is 0 Å². The van der Waals surface area contributed by atoms with Crippen molar-refractivity contribution in [1.82, 2.24) is 10.2 Å². The van der Waals surface area contributed by atoms with Gasteiger partial charge in [0.25, 0.3) is 5.91 Å². The second kappa shape index (κ2) is 5.71. The van der Waals surface area contributed by atoms with Crippen molar-refractivity contribution in [2.45, 2.75) is 49.3 Å². The summed E-state index contributed by atoms with van der Waals surface area (Å²) < 4.78 is 5.42. The fourth-order valence-electron chi connectivity index (χ4n) is 5.83. The Bertz CT molecular complexity index is 579. The summed E-state index contributed by atoms with van der Waals surface area (Å²) in [5.41, 5.74) is 0.0404. The molecule has 0 spiro atoms. The highest BCUT2D eigenvalue weighted by atomic mass is 79.9. The van der Waals surface area contributed by atoms with Crippen LogP contribution in [0.5, 0.6) is 0 Å². The van der Waals surface area contributed by atoms with Gasteiger partial charge in [-0.3, -0.25) is 14.5 Å². The molecule has 5 aliphatic rings. The molecule has 0 radical (unpaired) electrons. The number of carbonyl (C=O) groups is 3. The van der Waals surface area contributed by atoms with Gasteiger partial charge >= 0.3 is 12.0 Å². The molecule has 132 valence electrons. The molecular formula is C17H23BrN2O4. The second-order valence-corrected chi connectivity index (χ2v) is 9.91. The zero-order valence-electron chi connectivity index (χ0n) is 13.7. The standard InChI is InChI=1S/C17H23BrN2O4/c18-17-6-11-3-12(7-17)5-16(4-11,10-17)8-14(22)24-9-13(21)20-2-1-19-15(20)23/h11-12H,1-10H2,(H,19,23)/t11-,12+,16?,17?. The summed E-state index contributed by atoms with van der Waals surface area (Å²) >= 11 is 3.94. The van der Waals surface area contributed by atoms with Gasteiger partial charge in [0, 0.05) is 17.4 Å². The quantitative estimate of drug-likeness (QED) is 0.581. The Labute approximate surface area is 149 Å². The topological polar surface area (TPSA) is 75.7 Å². The number of carbonyl (C=O) groups excluding carboxylic acids is 3. The van der Waals surface area contributed by atoms with Crippen LogP contribution in [0.4, 0.5) is 4.79 Å². The van der Waals surface area contributed by atoms with E-state index < -0.39 is 11.9 Å². The van der Waals surface area contributed by atoms with Crippen LogP contribution in [0.2, 0.25) is 0 Å². The molecule has 6 nitrogen and oxygen atoms in total. The molecule has 2 unspecified atom stereocenters. The Morgan fingerprint density at radius 2 is 1.96 bits per heavy atom. The molecule has 7 heteroatoms. The highest BCUT2D eigenvalue weighted by molar-refractivity contribution is 9.10. The molecule has 0 aromatic rings. The van der Waals surface area contributed by atoms with Crippen molar-refractivity contribution in [3.05, 3.63) is 0 Å². The van der Waals surface area contributed by atoms with Crippen LogP contribution in [0.25, 0.3) is 0 Å². The van der Waals surface area contributed by atoms with E-state index in [0.717, 1.165) is 24.2 Å². The normalized spacial score (nSPS) is 39.9. The van der Waals surface area contributed by atoms with Crippen LogP contribution >= 0.6 is 15.9 Å². The van der Waals surface area contributed by atoms with Crippen molar-refractivity contribution in [3.63, 3.8) is 0 Å². The van der Waals surface area contributed by atoms with Gasteiger partial charge in [-0.15, -0.1) is 0 Å². The summed E-state index contributed by atoms with van der Waals surface area (Å²) in [6.07, 6.45) is 7.39. The Balaban J connectivity index is 1.33. The Hall–Kier alpha value is -1.11. The van der Waals surface area contributed by atoms with E-state index in [9.17, 15) is 14.4 Å². The summed E-state index contributed by atoms with van der Waals surface area (Å²) in [4.78, 5) is 36.8. The monoisotopic (exact) mass is 398 g/mol.